The highest BCUT2D eigenvalue weighted by Gasteiger charge is 2.35. The number of anilines is 1. The Hall–Kier alpha value is -2.58. The molecule has 2 atom stereocenters. The molecule has 1 aliphatic heterocycles. The lowest BCUT2D eigenvalue weighted by atomic mass is 9.89. The van der Waals surface area contributed by atoms with E-state index >= 15 is 0 Å². The molecule has 4 rings (SSSR count). The predicted octanol–water partition coefficient (Wildman–Crippen LogP) is 4.66. The summed E-state index contributed by atoms with van der Waals surface area (Å²) in [5.41, 5.74) is 4.67. The summed E-state index contributed by atoms with van der Waals surface area (Å²) >= 11 is 0. The summed E-state index contributed by atoms with van der Waals surface area (Å²) in [6.45, 7) is 2.20. The minimum atomic E-state index is -0.309. The summed E-state index contributed by atoms with van der Waals surface area (Å²) in [6.07, 6.45) is 0. The highest BCUT2D eigenvalue weighted by molar-refractivity contribution is 5.60. The van der Waals surface area contributed by atoms with Crippen molar-refractivity contribution < 1.29 is 0 Å². The third-order valence-corrected chi connectivity index (χ3v) is 4.57. The van der Waals surface area contributed by atoms with Gasteiger partial charge in [0.1, 0.15) is 5.66 Å². The maximum atomic E-state index is 3.81. The summed E-state index contributed by atoms with van der Waals surface area (Å²) in [7, 11) is 0. The Labute approximate surface area is 137 Å². The fourth-order valence-electron chi connectivity index (χ4n) is 3.37. The van der Waals surface area contributed by atoms with Gasteiger partial charge in [-0.05, 0) is 29.7 Å². The molecular formula is C21H20N2. The quantitative estimate of drug-likeness (QED) is 0.719. The predicted molar refractivity (Wildman–Crippen MR) is 95.3 cm³/mol. The average Bonchev–Trinajstić information content (AvgIpc) is 2.62. The molecule has 0 saturated heterocycles. The Bertz CT molecular complexity index is 798. The molecule has 0 amide bonds. The first kappa shape index (κ1) is 14.0. The zero-order valence-corrected chi connectivity index (χ0v) is 13.2. The van der Waals surface area contributed by atoms with Crippen molar-refractivity contribution in [2.24, 2.45) is 0 Å². The van der Waals surface area contributed by atoms with E-state index in [9.17, 15) is 0 Å². The van der Waals surface area contributed by atoms with Gasteiger partial charge in [0.15, 0.2) is 0 Å². The van der Waals surface area contributed by atoms with E-state index in [4.69, 9.17) is 0 Å². The van der Waals surface area contributed by atoms with Crippen LogP contribution in [0.4, 0.5) is 5.69 Å². The van der Waals surface area contributed by atoms with Crippen molar-refractivity contribution >= 4 is 5.69 Å². The molecule has 114 valence electrons. The highest BCUT2D eigenvalue weighted by Crippen LogP contribution is 2.39. The molecule has 1 aliphatic rings. The highest BCUT2D eigenvalue weighted by atomic mass is 15.2. The van der Waals surface area contributed by atoms with Crippen LogP contribution in [0.5, 0.6) is 0 Å². The lowest BCUT2D eigenvalue weighted by Gasteiger charge is -2.43. The van der Waals surface area contributed by atoms with Crippen LogP contribution in [0.1, 0.15) is 29.7 Å². The van der Waals surface area contributed by atoms with E-state index in [2.05, 4.69) is 102 Å². The molecule has 3 aromatic rings. The maximum Gasteiger partial charge on any atom is 0.112 e. The largest absolute Gasteiger partial charge is 0.363 e. The molecule has 2 nitrogen and oxygen atoms in total. The van der Waals surface area contributed by atoms with Crippen LogP contribution in [0.2, 0.25) is 0 Å². The molecule has 2 heteroatoms. The standard InChI is InChI=1S/C21H20N2/c1-21(17-12-6-3-7-13-17)22-19-15-9-8-14-18(19)20(23-21)16-10-4-2-5-11-16/h2-15,20,22-23H,1H3. The topological polar surface area (TPSA) is 24.1 Å². The van der Waals surface area contributed by atoms with Crippen molar-refractivity contribution in [3.8, 4) is 0 Å². The third kappa shape index (κ3) is 2.51. The molecule has 0 spiro atoms. The van der Waals surface area contributed by atoms with Gasteiger partial charge in [0.25, 0.3) is 0 Å². The van der Waals surface area contributed by atoms with Crippen molar-refractivity contribution in [2.45, 2.75) is 18.6 Å². The van der Waals surface area contributed by atoms with Crippen LogP contribution in [0.15, 0.2) is 84.9 Å². The third-order valence-electron chi connectivity index (χ3n) is 4.57. The van der Waals surface area contributed by atoms with Crippen LogP contribution in [-0.2, 0) is 5.66 Å². The first-order valence-electron chi connectivity index (χ1n) is 8.01. The van der Waals surface area contributed by atoms with Crippen molar-refractivity contribution in [2.75, 3.05) is 5.32 Å². The van der Waals surface area contributed by atoms with Gasteiger partial charge in [-0.3, -0.25) is 5.32 Å². The molecule has 1 heterocycles. The van der Waals surface area contributed by atoms with Gasteiger partial charge in [-0.2, -0.15) is 0 Å². The summed E-state index contributed by atoms with van der Waals surface area (Å²) < 4.78 is 0. The van der Waals surface area contributed by atoms with Crippen molar-refractivity contribution in [1.82, 2.24) is 5.32 Å². The van der Waals surface area contributed by atoms with Gasteiger partial charge in [-0.1, -0.05) is 78.9 Å². The zero-order valence-electron chi connectivity index (χ0n) is 13.2. The fraction of sp³-hybridized carbons (Fsp3) is 0.143. The van der Waals surface area contributed by atoms with E-state index in [-0.39, 0.29) is 11.7 Å². The number of para-hydroxylation sites is 1. The molecule has 0 aliphatic carbocycles. The van der Waals surface area contributed by atoms with Gasteiger partial charge in [-0.15, -0.1) is 0 Å². The van der Waals surface area contributed by atoms with Crippen molar-refractivity contribution in [3.05, 3.63) is 102 Å². The van der Waals surface area contributed by atoms with Gasteiger partial charge in [0, 0.05) is 5.69 Å². The maximum absolute atomic E-state index is 3.81. The van der Waals surface area contributed by atoms with Crippen LogP contribution in [0.25, 0.3) is 0 Å². The smallest absolute Gasteiger partial charge is 0.112 e. The van der Waals surface area contributed by atoms with Gasteiger partial charge < -0.3 is 5.32 Å². The number of fused-ring (bicyclic) bond motifs is 1. The van der Waals surface area contributed by atoms with Crippen LogP contribution in [0.3, 0.4) is 0 Å². The average molecular weight is 300 g/mol. The van der Waals surface area contributed by atoms with Crippen LogP contribution >= 0.6 is 0 Å². The van der Waals surface area contributed by atoms with E-state index in [0.717, 1.165) is 0 Å². The van der Waals surface area contributed by atoms with Crippen LogP contribution < -0.4 is 10.6 Å². The van der Waals surface area contributed by atoms with E-state index in [1.54, 1.807) is 0 Å². The van der Waals surface area contributed by atoms with Gasteiger partial charge in [0.2, 0.25) is 0 Å². The zero-order chi connectivity index (χ0) is 15.7. The van der Waals surface area contributed by atoms with Crippen molar-refractivity contribution in [1.29, 1.82) is 0 Å². The van der Waals surface area contributed by atoms with E-state index in [1.807, 2.05) is 0 Å². The molecule has 2 N–H and O–H groups in total. The molecule has 0 bridgehead atoms. The minimum Gasteiger partial charge on any atom is -0.363 e. The van der Waals surface area contributed by atoms with E-state index < -0.39 is 0 Å². The Morgan fingerprint density at radius 3 is 2.09 bits per heavy atom. The Morgan fingerprint density at radius 1 is 0.739 bits per heavy atom. The summed E-state index contributed by atoms with van der Waals surface area (Å²) in [4.78, 5) is 0. The molecule has 0 fully saturated rings. The Balaban J connectivity index is 1.83. The lowest BCUT2D eigenvalue weighted by Crippen LogP contribution is -2.51. The first-order chi connectivity index (χ1) is 11.3. The molecule has 0 radical (unpaired) electrons. The van der Waals surface area contributed by atoms with E-state index in [0.29, 0.717) is 0 Å². The molecule has 2 unspecified atom stereocenters. The first-order valence-corrected chi connectivity index (χ1v) is 8.01. The summed E-state index contributed by atoms with van der Waals surface area (Å²) in [6, 6.07) is 29.9. The lowest BCUT2D eigenvalue weighted by molar-refractivity contribution is 0.367. The minimum absolute atomic E-state index is 0.166. The number of rotatable bonds is 2. The number of benzene rings is 3. The van der Waals surface area contributed by atoms with Crippen molar-refractivity contribution in [3.63, 3.8) is 0 Å². The Morgan fingerprint density at radius 2 is 1.35 bits per heavy atom. The molecule has 0 aromatic heterocycles. The summed E-state index contributed by atoms with van der Waals surface area (Å²) in [5, 5.41) is 7.49. The number of hydrogen-bond donors (Lipinski definition) is 2. The van der Waals surface area contributed by atoms with Gasteiger partial charge >= 0.3 is 0 Å². The second kappa shape index (κ2) is 5.56. The second-order valence-corrected chi connectivity index (χ2v) is 6.19. The SMILES string of the molecule is CC1(c2ccccc2)Nc2ccccc2C(c2ccccc2)N1. The molecular weight excluding hydrogens is 280 g/mol. The second-order valence-electron chi connectivity index (χ2n) is 6.19. The van der Waals surface area contributed by atoms with Gasteiger partial charge in [0.05, 0.1) is 6.04 Å². The molecule has 0 saturated carbocycles. The Kier molecular flexibility index (Phi) is 3.40. The fourth-order valence-corrected chi connectivity index (χ4v) is 3.37. The van der Waals surface area contributed by atoms with Gasteiger partial charge in [-0.25, -0.2) is 0 Å². The number of nitrogens with one attached hydrogen (secondary N) is 2. The van der Waals surface area contributed by atoms with Crippen LogP contribution in [-0.4, -0.2) is 0 Å². The monoisotopic (exact) mass is 300 g/mol. The summed E-state index contributed by atoms with van der Waals surface area (Å²) in [5.74, 6) is 0. The van der Waals surface area contributed by atoms with E-state index in [1.165, 1.54) is 22.4 Å². The van der Waals surface area contributed by atoms with Crippen LogP contribution in [0, 0.1) is 0 Å². The number of hydrogen-bond acceptors (Lipinski definition) is 2. The molecule has 3 aromatic carbocycles. The molecule has 23 heavy (non-hydrogen) atoms. The normalized spacial score (nSPS) is 22.9.